The van der Waals surface area contributed by atoms with Crippen LogP contribution in [0, 0.1) is 0 Å². The number of thioether (sulfide) groups is 1. The minimum atomic E-state index is -0.402. The fourth-order valence-corrected chi connectivity index (χ4v) is 3.77. The van der Waals surface area contributed by atoms with Crippen LogP contribution in [0.4, 0.5) is 0 Å². The molecule has 1 aromatic heterocycles. The first kappa shape index (κ1) is 19.9. The van der Waals surface area contributed by atoms with Crippen LogP contribution in [0.1, 0.15) is 20.3 Å². The number of hydrogen-bond donors (Lipinski definition) is 1. The van der Waals surface area contributed by atoms with E-state index in [0.29, 0.717) is 34.0 Å². The molecule has 1 heterocycles. The molecule has 6 nitrogen and oxygen atoms in total. The van der Waals surface area contributed by atoms with Crippen LogP contribution in [0.3, 0.4) is 0 Å². The Morgan fingerprint density at radius 1 is 1.21 bits per heavy atom. The van der Waals surface area contributed by atoms with Gasteiger partial charge in [-0.25, -0.2) is 4.98 Å². The van der Waals surface area contributed by atoms with Gasteiger partial charge in [-0.15, -0.1) is 0 Å². The number of nitrogens with zero attached hydrogens (tertiary/aromatic N) is 2. The summed E-state index contributed by atoms with van der Waals surface area (Å²) in [4.78, 5) is 30.3. The molecule has 0 radical (unpaired) electrons. The van der Waals surface area contributed by atoms with Crippen molar-refractivity contribution in [3.63, 3.8) is 0 Å². The highest BCUT2D eigenvalue weighted by atomic mass is 32.2. The Morgan fingerprint density at radius 2 is 1.93 bits per heavy atom. The second-order valence-corrected chi connectivity index (χ2v) is 7.58. The van der Waals surface area contributed by atoms with E-state index in [1.165, 1.54) is 16.3 Å². The lowest BCUT2D eigenvalue weighted by Gasteiger charge is -2.18. The number of amides is 1. The Balaban J connectivity index is 2.15. The monoisotopic (exact) mass is 397 g/mol. The smallest absolute Gasteiger partial charge is 0.266 e. The molecule has 1 atom stereocenters. The molecule has 3 rings (SSSR count). The topological polar surface area (TPSA) is 73.2 Å². The summed E-state index contributed by atoms with van der Waals surface area (Å²) in [6, 6.07) is 14.5. The van der Waals surface area contributed by atoms with Crippen molar-refractivity contribution < 1.29 is 9.53 Å². The quantitative estimate of drug-likeness (QED) is 0.489. The highest BCUT2D eigenvalue weighted by Gasteiger charge is 2.21. The fourth-order valence-electron chi connectivity index (χ4n) is 2.82. The molecule has 28 heavy (non-hydrogen) atoms. The predicted molar refractivity (Wildman–Crippen MR) is 113 cm³/mol. The van der Waals surface area contributed by atoms with E-state index in [-0.39, 0.29) is 11.5 Å². The van der Waals surface area contributed by atoms with Crippen LogP contribution in [0.5, 0.6) is 5.75 Å². The first-order chi connectivity index (χ1) is 13.6. The largest absolute Gasteiger partial charge is 0.495 e. The molecule has 0 fully saturated rings. The van der Waals surface area contributed by atoms with Crippen molar-refractivity contribution in [2.75, 3.05) is 13.7 Å². The van der Waals surface area contributed by atoms with E-state index in [1.54, 1.807) is 25.3 Å². The van der Waals surface area contributed by atoms with Gasteiger partial charge in [0.2, 0.25) is 5.91 Å². The third-order valence-electron chi connectivity index (χ3n) is 4.27. The summed E-state index contributed by atoms with van der Waals surface area (Å²) in [7, 11) is 1.56. The van der Waals surface area contributed by atoms with Crippen molar-refractivity contribution in [3.8, 4) is 11.4 Å². The van der Waals surface area contributed by atoms with Gasteiger partial charge >= 0.3 is 0 Å². The maximum Gasteiger partial charge on any atom is 0.266 e. The first-order valence-corrected chi connectivity index (χ1v) is 10.0. The average Bonchev–Trinajstić information content (AvgIpc) is 2.72. The van der Waals surface area contributed by atoms with E-state index in [9.17, 15) is 9.59 Å². The molecule has 0 spiro atoms. The molecule has 0 unspecified atom stereocenters. The van der Waals surface area contributed by atoms with Gasteiger partial charge in [0.1, 0.15) is 5.75 Å². The Hall–Kier alpha value is -2.80. The van der Waals surface area contributed by atoms with Crippen molar-refractivity contribution in [1.29, 1.82) is 0 Å². The number of carbonyl (C=O) groups is 1. The summed E-state index contributed by atoms with van der Waals surface area (Å²) in [6.07, 6.45) is 0.864. The van der Waals surface area contributed by atoms with Gasteiger partial charge in [-0.2, -0.15) is 0 Å². The second kappa shape index (κ2) is 8.93. The molecule has 3 aromatic rings. The molecule has 0 bridgehead atoms. The summed E-state index contributed by atoms with van der Waals surface area (Å²) in [6.45, 7) is 4.43. The average molecular weight is 398 g/mol. The first-order valence-electron chi connectivity index (χ1n) is 9.16. The third kappa shape index (κ3) is 4.04. The SMILES string of the molecule is CCCNC(=O)[C@@H](C)Sc1nc2ccccc2c(=O)n1-c1ccccc1OC. The highest BCUT2D eigenvalue weighted by Crippen LogP contribution is 2.29. The van der Waals surface area contributed by atoms with Gasteiger partial charge in [0.05, 0.1) is 29.0 Å². The number of ether oxygens (including phenoxy) is 1. The molecule has 7 heteroatoms. The van der Waals surface area contributed by atoms with Crippen LogP contribution >= 0.6 is 11.8 Å². The number of hydrogen-bond acceptors (Lipinski definition) is 5. The van der Waals surface area contributed by atoms with Crippen LogP contribution < -0.4 is 15.6 Å². The van der Waals surface area contributed by atoms with Crippen molar-refractivity contribution in [2.24, 2.45) is 0 Å². The molecule has 1 amide bonds. The predicted octanol–water partition coefficient (Wildman–Crippen LogP) is 3.40. The van der Waals surface area contributed by atoms with Crippen molar-refractivity contribution in [2.45, 2.75) is 30.7 Å². The van der Waals surface area contributed by atoms with Crippen molar-refractivity contribution in [1.82, 2.24) is 14.9 Å². The number of benzene rings is 2. The zero-order valence-electron chi connectivity index (χ0n) is 16.1. The van der Waals surface area contributed by atoms with Crippen LogP contribution in [0.2, 0.25) is 0 Å². The fraction of sp³-hybridized carbons (Fsp3) is 0.286. The number of aromatic nitrogens is 2. The maximum absolute atomic E-state index is 13.3. The molecule has 0 saturated carbocycles. The minimum absolute atomic E-state index is 0.0826. The van der Waals surface area contributed by atoms with E-state index in [2.05, 4.69) is 10.3 Å². The Morgan fingerprint density at radius 3 is 2.68 bits per heavy atom. The number of carbonyl (C=O) groups excluding carboxylic acids is 1. The molecule has 0 saturated heterocycles. The highest BCUT2D eigenvalue weighted by molar-refractivity contribution is 8.00. The Kier molecular flexibility index (Phi) is 6.36. The number of nitrogens with one attached hydrogen (secondary N) is 1. The van der Waals surface area contributed by atoms with E-state index < -0.39 is 5.25 Å². The molecular formula is C21H23N3O3S. The lowest BCUT2D eigenvalue weighted by atomic mass is 10.2. The van der Waals surface area contributed by atoms with Crippen LogP contribution in [-0.4, -0.2) is 34.4 Å². The van der Waals surface area contributed by atoms with Crippen molar-refractivity contribution in [3.05, 3.63) is 58.9 Å². The normalized spacial score (nSPS) is 12.0. The third-order valence-corrected chi connectivity index (χ3v) is 5.32. The van der Waals surface area contributed by atoms with Gasteiger partial charge in [-0.1, -0.05) is 43.0 Å². The second-order valence-electron chi connectivity index (χ2n) is 6.28. The number of para-hydroxylation sites is 3. The van der Waals surface area contributed by atoms with Crippen LogP contribution in [0.25, 0.3) is 16.6 Å². The maximum atomic E-state index is 13.3. The summed E-state index contributed by atoms with van der Waals surface area (Å²) < 4.78 is 6.97. The van der Waals surface area contributed by atoms with Crippen molar-refractivity contribution >= 4 is 28.6 Å². The summed E-state index contributed by atoms with van der Waals surface area (Å²) in [5.41, 5.74) is 0.998. The van der Waals surface area contributed by atoms with Crippen LogP contribution in [-0.2, 0) is 4.79 Å². The summed E-state index contributed by atoms with van der Waals surface area (Å²) >= 11 is 1.26. The van der Waals surface area contributed by atoms with Gasteiger partial charge in [0.25, 0.3) is 5.56 Å². The Labute approximate surface area is 167 Å². The minimum Gasteiger partial charge on any atom is -0.495 e. The molecule has 0 aliphatic rings. The van der Waals surface area contributed by atoms with Gasteiger partial charge in [-0.3, -0.25) is 14.2 Å². The van der Waals surface area contributed by atoms with Gasteiger partial charge < -0.3 is 10.1 Å². The van der Waals surface area contributed by atoms with Gasteiger partial charge in [0, 0.05) is 6.54 Å². The summed E-state index contributed by atoms with van der Waals surface area (Å²) in [5, 5.41) is 3.45. The van der Waals surface area contributed by atoms with Crippen LogP contribution in [0.15, 0.2) is 58.5 Å². The van der Waals surface area contributed by atoms with E-state index >= 15 is 0 Å². The number of rotatable bonds is 7. The zero-order valence-corrected chi connectivity index (χ0v) is 17.0. The molecule has 0 aliphatic heterocycles. The van der Waals surface area contributed by atoms with E-state index in [4.69, 9.17) is 4.74 Å². The van der Waals surface area contributed by atoms with E-state index in [1.807, 2.05) is 44.2 Å². The zero-order chi connectivity index (χ0) is 20.1. The molecular weight excluding hydrogens is 374 g/mol. The molecule has 2 aromatic carbocycles. The lowest BCUT2D eigenvalue weighted by molar-refractivity contribution is -0.120. The van der Waals surface area contributed by atoms with E-state index in [0.717, 1.165) is 6.42 Å². The molecule has 0 aliphatic carbocycles. The van der Waals surface area contributed by atoms with Gasteiger partial charge in [0.15, 0.2) is 5.16 Å². The number of fused-ring (bicyclic) bond motifs is 1. The van der Waals surface area contributed by atoms with Gasteiger partial charge in [-0.05, 0) is 37.6 Å². The standard InChI is InChI=1S/C21H23N3O3S/c1-4-13-22-19(25)14(2)28-21-23-16-10-6-5-9-15(16)20(26)24(21)17-11-7-8-12-18(17)27-3/h5-12,14H,4,13H2,1-3H3,(H,22,25)/t14-/m1/s1. The lowest BCUT2D eigenvalue weighted by Crippen LogP contribution is -2.32. The Bertz CT molecular complexity index is 1050. The number of methoxy groups -OCH3 is 1. The molecule has 146 valence electrons. The summed E-state index contributed by atoms with van der Waals surface area (Å²) in [5.74, 6) is 0.479. The molecule has 1 N–H and O–H groups in total.